The van der Waals surface area contributed by atoms with Gasteiger partial charge < -0.3 is 15.1 Å². The second kappa shape index (κ2) is 5.53. The van der Waals surface area contributed by atoms with Crippen LogP contribution in [0.2, 0.25) is 0 Å². The number of hydrogen-bond acceptors (Lipinski definition) is 3. The summed E-state index contributed by atoms with van der Waals surface area (Å²) in [5, 5.41) is 6.01. The Bertz CT molecular complexity index is 339. The number of hydrogen-bond donors (Lipinski definition) is 2. The molecule has 1 saturated heterocycles. The van der Waals surface area contributed by atoms with E-state index >= 15 is 0 Å². The zero-order valence-electron chi connectivity index (χ0n) is 7.96. The predicted octanol–water partition coefficient (Wildman–Crippen LogP) is 1.41. The van der Waals surface area contributed by atoms with Crippen molar-refractivity contribution in [2.24, 2.45) is 5.92 Å². The Balaban J connectivity index is 0.00000112. The number of amides is 1. The van der Waals surface area contributed by atoms with Crippen LogP contribution in [0.15, 0.2) is 21.4 Å². The van der Waals surface area contributed by atoms with Crippen molar-refractivity contribution >= 4 is 34.2 Å². The molecule has 1 aliphatic rings. The average Bonchev–Trinajstić information content (AvgIpc) is 2.49. The first-order valence-corrected chi connectivity index (χ1v) is 5.28. The van der Waals surface area contributed by atoms with E-state index in [1.807, 2.05) is 0 Å². The highest BCUT2D eigenvalue weighted by atomic mass is 79.9. The van der Waals surface area contributed by atoms with Crippen LogP contribution in [0.1, 0.15) is 10.4 Å². The number of furan rings is 1. The lowest BCUT2D eigenvalue weighted by atomic mass is 10.0. The maximum atomic E-state index is 11.5. The molecule has 0 radical (unpaired) electrons. The molecule has 0 unspecified atom stereocenters. The summed E-state index contributed by atoms with van der Waals surface area (Å²) in [5.41, 5.74) is 0.559. The Hall–Kier alpha value is -0.520. The molecule has 15 heavy (non-hydrogen) atoms. The quantitative estimate of drug-likeness (QED) is 0.886. The molecule has 0 aliphatic carbocycles. The number of rotatable bonds is 3. The zero-order valence-corrected chi connectivity index (χ0v) is 10.4. The van der Waals surface area contributed by atoms with E-state index in [4.69, 9.17) is 4.42 Å². The molecular weight excluding hydrogens is 283 g/mol. The van der Waals surface area contributed by atoms with Crippen LogP contribution in [0.3, 0.4) is 0 Å². The molecule has 0 atom stereocenters. The monoisotopic (exact) mass is 294 g/mol. The normalized spacial score (nSPS) is 15.3. The molecule has 6 heteroatoms. The van der Waals surface area contributed by atoms with Crippen molar-refractivity contribution in [3.63, 3.8) is 0 Å². The average molecular weight is 296 g/mol. The first-order valence-electron chi connectivity index (χ1n) is 4.48. The highest BCUT2D eigenvalue weighted by Crippen LogP contribution is 2.13. The van der Waals surface area contributed by atoms with Crippen molar-refractivity contribution < 1.29 is 9.21 Å². The lowest BCUT2D eigenvalue weighted by Gasteiger charge is -2.26. The summed E-state index contributed by atoms with van der Waals surface area (Å²) in [6.45, 7) is 2.72. The largest absolute Gasteiger partial charge is 0.457 e. The lowest BCUT2D eigenvalue weighted by Crippen LogP contribution is -2.48. The van der Waals surface area contributed by atoms with E-state index in [0.29, 0.717) is 16.2 Å². The van der Waals surface area contributed by atoms with Crippen molar-refractivity contribution in [2.75, 3.05) is 19.6 Å². The van der Waals surface area contributed by atoms with Crippen molar-refractivity contribution in [1.82, 2.24) is 10.6 Å². The van der Waals surface area contributed by atoms with Gasteiger partial charge in [0.05, 0.1) is 5.56 Å². The number of carbonyl (C=O) groups is 1. The van der Waals surface area contributed by atoms with Crippen LogP contribution in [0.25, 0.3) is 0 Å². The molecule has 0 saturated carbocycles. The molecule has 2 N–H and O–H groups in total. The molecule has 4 nitrogen and oxygen atoms in total. The third-order valence-electron chi connectivity index (χ3n) is 2.25. The minimum atomic E-state index is -0.0775. The number of halogens is 2. The molecular formula is C9H12BrClN2O2. The van der Waals surface area contributed by atoms with E-state index < -0.39 is 0 Å². The fourth-order valence-electron chi connectivity index (χ4n) is 1.26. The van der Waals surface area contributed by atoms with E-state index in [1.165, 1.54) is 6.26 Å². The molecule has 1 amide bonds. The summed E-state index contributed by atoms with van der Waals surface area (Å²) >= 11 is 3.15. The Labute approximate surface area is 102 Å². The van der Waals surface area contributed by atoms with Gasteiger partial charge in [-0.25, -0.2) is 0 Å². The summed E-state index contributed by atoms with van der Waals surface area (Å²) in [7, 11) is 0. The molecule has 1 aromatic heterocycles. The van der Waals surface area contributed by atoms with Crippen molar-refractivity contribution in [3.05, 3.63) is 22.6 Å². The van der Waals surface area contributed by atoms with Crippen molar-refractivity contribution in [1.29, 1.82) is 0 Å². The van der Waals surface area contributed by atoms with Crippen LogP contribution in [0.5, 0.6) is 0 Å². The van der Waals surface area contributed by atoms with Gasteiger partial charge >= 0.3 is 0 Å². The fraction of sp³-hybridized carbons (Fsp3) is 0.444. The maximum Gasteiger partial charge on any atom is 0.254 e. The molecule has 2 rings (SSSR count). The van der Waals surface area contributed by atoms with Crippen molar-refractivity contribution in [3.8, 4) is 0 Å². The summed E-state index contributed by atoms with van der Waals surface area (Å²) in [4.78, 5) is 11.5. The molecule has 0 bridgehead atoms. The van der Waals surface area contributed by atoms with Gasteiger partial charge in [0.25, 0.3) is 5.91 Å². The Kier molecular flexibility index (Phi) is 4.63. The second-order valence-corrected chi connectivity index (χ2v) is 4.16. The van der Waals surface area contributed by atoms with Gasteiger partial charge in [0, 0.05) is 31.6 Å². The van der Waals surface area contributed by atoms with Crippen LogP contribution in [0, 0.1) is 5.92 Å². The van der Waals surface area contributed by atoms with Gasteiger partial charge in [0.2, 0.25) is 0 Å². The molecule has 2 heterocycles. The topological polar surface area (TPSA) is 54.3 Å². The Morgan fingerprint density at radius 1 is 1.67 bits per heavy atom. The SMILES string of the molecule is Cl.O=C(NCC1CNC1)c1coc(Br)c1. The number of nitrogens with one attached hydrogen (secondary N) is 2. The van der Waals surface area contributed by atoms with E-state index in [1.54, 1.807) is 6.07 Å². The highest BCUT2D eigenvalue weighted by molar-refractivity contribution is 9.10. The smallest absolute Gasteiger partial charge is 0.254 e. The predicted molar refractivity (Wildman–Crippen MR) is 62.3 cm³/mol. The molecule has 0 spiro atoms. The van der Waals surface area contributed by atoms with Crippen LogP contribution >= 0.6 is 28.3 Å². The summed E-state index contributed by atoms with van der Waals surface area (Å²) in [6.07, 6.45) is 1.44. The van der Waals surface area contributed by atoms with Crippen LogP contribution in [-0.4, -0.2) is 25.5 Å². The van der Waals surface area contributed by atoms with E-state index in [0.717, 1.165) is 19.6 Å². The minimum Gasteiger partial charge on any atom is -0.457 e. The molecule has 0 aromatic carbocycles. The number of carbonyl (C=O) groups excluding carboxylic acids is 1. The van der Waals surface area contributed by atoms with Gasteiger partial charge in [0.1, 0.15) is 6.26 Å². The van der Waals surface area contributed by atoms with Gasteiger partial charge in [-0.2, -0.15) is 0 Å². The maximum absolute atomic E-state index is 11.5. The first kappa shape index (κ1) is 12.5. The van der Waals surface area contributed by atoms with E-state index in [2.05, 4.69) is 26.6 Å². The van der Waals surface area contributed by atoms with Gasteiger partial charge in [-0.1, -0.05) is 0 Å². The molecule has 1 aliphatic heterocycles. The summed E-state index contributed by atoms with van der Waals surface area (Å²) in [6, 6.07) is 1.66. The van der Waals surface area contributed by atoms with Crippen LogP contribution < -0.4 is 10.6 Å². The van der Waals surface area contributed by atoms with Gasteiger partial charge in [0.15, 0.2) is 4.67 Å². The van der Waals surface area contributed by atoms with E-state index in [-0.39, 0.29) is 18.3 Å². The first-order chi connectivity index (χ1) is 6.75. The zero-order chi connectivity index (χ0) is 9.97. The molecule has 1 aromatic rings. The third-order valence-corrected chi connectivity index (χ3v) is 2.66. The fourth-order valence-corrected chi connectivity index (χ4v) is 1.60. The van der Waals surface area contributed by atoms with Gasteiger partial charge in [-0.05, 0) is 15.9 Å². The summed E-state index contributed by atoms with van der Waals surface area (Å²) < 4.78 is 5.55. The van der Waals surface area contributed by atoms with Crippen LogP contribution in [-0.2, 0) is 0 Å². The van der Waals surface area contributed by atoms with Gasteiger partial charge in [-0.3, -0.25) is 4.79 Å². The lowest BCUT2D eigenvalue weighted by molar-refractivity contribution is 0.0941. The second-order valence-electron chi connectivity index (χ2n) is 3.37. The standard InChI is InChI=1S/C9H11BrN2O2.ClH/c10-8-1-7(5-14-8)9(13)12-4-6-2-11-3-6;/h1,5-6,11H,2-4H2,(H,12,13);1H. The highest BCUT2D eigenvalue weighted by Gasteiger charge is 2.18. The third kappa shape index (κ3) is 3.22. The Morgan fingerprint density at radius 3 is 2.87 bits per heavy atom. The Morgan fingerprint density at radius 2 is 2.40 bits per heavy atom. The molecule has 84 valence electrons. The summed E-state index contributed by atoms with van der Waals surface area (Å²) in [5.74, 6) is 0.501. The van der Waals surface area contributed by atoms with E-state index in [9.17, 15) is 4.79 Å². The van der Waals surface area contributed by atoms with Crippen LogP contribution in [0.4, 0.5) is 0 Å². The van der Waals surface area contributed by atoms with Gasteiger partial charge in [-0.15, -0.1) is 12.4 Å². The minimum absolute atomic E-state index is 0. The molecule has 1 fully saturated rings. The van der Waals surface area contributed by atoms with Crippen molar-refractivity contribution in [2.45, 2.75) is 0 Å².